The van der Waals surface area contributed by atoms with Crippen molar-refractivity contribution in [2.75, 3.05) is 12.3 Å². The van der Waals surface area contributed by atoms with E-state index in [2.05, 4.69) is 5.32 Å². The molecule has 0 spiro atoms. The van der Waals surface area contributed by atoms with Crippen LogP contribution in [0.15, 0.2) is 42.5 Å². The van der Waals surface area contributed by atoms with Crippen molar-refractivity contribution in [3.8, 4) is 0 Å². The number of nitrogens with zero attached hydrogens (tertiary/aromatic N) is 1. The van der Waals surface area contributed by atoms with Crippen LogP contribution in [0.1, 0.15) is 38.3 Å². The van der Waals surface area contributed by atoms with E-state index >= 15 is 0 Å². The first-order valence-corrected chi connectivity index (χ1v) is 12.8. The van der Waals surface area contributed by atoms with Gasteiger partial charge in [-0.25, -0.2) is 0 Å². The number of hydrogen-bond acceptors (Lipinski definition) is 3. The summed E-state index contributed by atoms with van der Waals surface area (Å²) in [5.74, 6) is 1.03. The number of thioether (sulfide) groups is 1. The summed E-state index contributed by atoms with van der Waals surface area (Å²) in [7, 11) is 0. The molecule has 2 aromatic carbocycles. The molecule has 0 saturated carbocycles. The summed E-state index contributed by atoms with van der Waals surface area (Å²) in [6.45, 7) is 6.83. The standard InChI is InChI=1S/C24H29Cl3N2O2S/c1-4-22(24(31)28-12-16(2)3)29(13-18-7-10-20(26)21(27)11-18)23(30)15-32-14-17-5-8-19(25)9-6-17/h5-11,16,22H,4,12-15H2,1-3H3,(H,28,31)/t22-/m0/s1. The van der Waals surface area contributed by atoms with E-state index in [1.165, 1.54) is 11.8 Å². The Balaban J connectivity index is 2.14. The van der Waals surface area contributed by atoms with E-state index in [-0.39, 0.29) is 24.1 Å². The molecule has 2 aromatic rings. The lowest BCUT2D eigenvalue weighted by molar-refractivity contribution is -0.139. The largest absolute Gasteiger partial charge is 0.354 e. The second kappa shape index (κ2) is 13.3. The maximum Gasteiger partial charge on any atom is 0.242 e. The minimum atomic E-state index is -0.563. The highest BCUT2D eigenvalue weighted by Gasteiger charge is 2.28. The SMILES string of the molecule is CC[C@@H](C(=O)NCC(C)C)N(Cc1ccc(Cl)c(Cl)c1)C(=O)CSCc1ccc(Cl)cc1. The van der Waals surface area contributed by atoms with Crippen LogP contribution in [-0.4, -0.2) is 35.1 Å². The molecule has 0 fully saturated rings. The summed E-state index contributed by atoms with van der Waals surface area (Å²) in [4.78, 5) is 27.8. The molecule has 4 nitrogen and oxygen atoms in total. The molecule has 1 N–H and O–H groups in total. The molecule has 1 atom stereocenters. The van der Waals surface area contributed by atoms with Gasteiger partial charge >= 0.3 is 0 Å². The Kier molecular flexibility index (Phi) is 11.2. The number of halogens is 3. The zero-order valence-electron chi connectivity index (χ0n) is 18.5. The Labute approximate surface area is 210 Å². The molecular formula is C24H29Cl3N2O2S. The smallest absolute Gasteiger partial charge is 0.242 e. The molecule has 2 amide bonds. The molecule has 0 aromatic heterocycles. The molecule has 32 heavy (non-hydrogen) atoms. The molecule has 0 aliphatic rings. The number of hydrogen-bond donors (Lipinski definition) is 1. The third-order valence-corrected chi connectivity index (χ3v) is 6.79. The van der Waals surface area contributed by atoms with Crippen LogP contribution in [0.4, 0.5) is 0 Å². The van der Waals surface area contributed by atoms with E-state index in [0.29, 0.717) is 39.7 Å². The molecule has 0 aliphatic carbocycles. The minimum absolute atomic E-state index is 0.0958. The van der Waals surface area contributed by atoms with Crippen LogP contribution in [-0.2, 0) is 21.9 Å². The Morgan fingerprint density at radius 1 is 1.00 bits per heavy atom. The van der Waals surface area contributed by atoms with Crippen molar-refractivity contribution in [1.82, 2.24) is 10.2 Å². The number of nitrogens with one attached hydrogen (secondary N) is 1. The molecule has 8 heteroatoms. The van der Waals surface area contributed by atoms with Gasteiger partial charge in [-0.15, -0.1) is 11.8 Å². The van der Waals surface area contributed by atoms with Crippen LogP contribution in [0.2, 0.25) is 15.1 Å². The van der Waals surface area contributed by atoms with Crippen molar-refractivity contribution < 1.29 is 9.59 Å². The van der Waals surface area contributed by atoms with E-state index in [9.17, 15) is 9.59 Å². The first-order valence-electron chi connectivity index (χ1n) is 10.5. The fourth-order valence-electron chi connectivity index (χ4n) is 3.10. The van der Waals surface area contributed by atoms with Gasteiger partial charge in [0.25, 0.3) is 0 Å². The summed E-state index contributed by atoms with van der Waals surface area (Å²) in [5, 5.41) is 4.52. The van der Waals surface area contributed by atoms with Crippen molar-refractivity contribution >= 4 is 58.4 Å². The van der Waals surface area contributed by atoms with Crippen LogP contribution >= 0.6 is 46.6 Å². The second-order valence-corrected chi connectivity index (χ2v) is 10.2. The van der Waals surface area contributed by atoms with Gasteiger partial charge in [0, 0.05) is 23.9 Å². The maximum absolute atomic E-state index is 13.2. The molecule has 0 saturated heterocycles. The van der Waals surface area contributed by atoms with Gasteiger partial charge < -0.3 is 10.2 Å². The lowest BCUT2D eigenvalue weighted by atomic mass is 10.1. The number of benzene rings is 2. The summed E-state index contributed by atoms with van der Waals surface area (Å²) in [6, 6.07) is 12.3. The van der Waals surface area contributed by atoms with Gasteiger partial charge in [0.2, 0.25) is 11.8 Å². The highest BCUT2D eigenvalue weighted by Crippen LogP contribution is 2.25. The van der Waals surface area contributed by atoms with Crippen LogP contribution in [0.5, 0.6) is 0 Å². The highest BCUT2D eigenvalue weighted by molar-refractivity contribution is 7.99. The van der Waals surface area contributed by atoms with Crippen molar-refractivity contribution in [1.29, 1.82) is 0 Å². The average molecular weight is 516 g/mol. The van der Waals surface area contributed by atoms with Crippen molar-refractivity contribution in [2.24, 2.45) is 5.92 Å². The zero-order valence-corrected chi connectivity index (χ0v) is 21.6. The zero-order chi connectivity index (χ0) is 23.7. The normalized spacial score (nSPS) is 12.0. The van der Waals surface area contributed by atoms with Crippen molar-refractivity contribution in [3.05, 3.63) is 68.7 Å². The molecule has 0 unspecified atom stereocenters. The van der Waals surface area contributed by atoms with Gasteiger partial charge in [-0.2, -0.15) is 0 Å². The first kappa shape index (κ1) is 26.8. The van der Waals surface area contributed by atoms with E-state index in [0.717, 1.165) is 11.1 Å². The molecule has 0 radical (unpaired) electrons. The quantitative estimate of drug-likeness (QED) is 0.373. The minimum Gasteiger partial charge on any atom is -0.354 e. The molecule has 0 aliphatic heterocycles. The van der Waals surface area contributed by atoms with Gasteiger partial charge in [0.15, 0.2) is 0 Å². The third-order valence-electron chi connectivity index (χ3n) is 4.81. The van der Waals surface area contributed by atoms with Gasteiger partial charge in [0.1, 0.15) is 6.04 Å². The predicted octanol–water partition coefficient (Wildman–Crippen LogP) is 6.46. The Morgan fingerprint density at radius 3 is 2.25 bits per heavy atom. The van der Waals surface area contributed by atoms with Crippen molar-refractivity contribution in [3.63, 3.8) is 0 Å². The number of rotatable bonds is 11. The molecule has 174 valence electrons. The summed E-state index contributed by atoms with van der Waals surface area (Å²) in [5.41, 5.74) is 1.91. The first-order chi connectivity index (χ1) is 15.2. The lowest BCUT2D eigenvalue weighted by Crippen LogP contribution is -2.50. The molecule has 0 heterocycles. The number of carbonyl (C=O) groups is 2. The molecule has 0 bridgehead atoms. The number of amides is 2. The van der Waals surface area contributed by atoms with E-state index < -0.39 is 6.04 Å². The Bertz CT molecular complexity index is 907. The Morgan fingerprint density at radius 2 is 1.66 bits per heavy atom. The predicted molar refractivity (Wildman–Crippen MR) is 137 cm³/mol. The van der Waals surface area contributed by atoms with Crippen LogP contribution in [0, 0.1) is 5.92 Å². The monoisotopic (exact) mass is 514 g/mol. The summed E-state index contributed by atoms with van der Waals surface area (Å²) < 4.78 is 0. The van der Waals surface area contributed by atoms with Crippen LogP contribution < -0.4 is 5.32 Å². The molecular weight excluding hydrogens is 487 g/mol. The van der Waals surface area contributed by atoms with Gasteiger partial charge in [0.05, 0.1) is 15.8 Å². The summed E-state index contributed by atoms with van der Waals surface area (Å²) >= 11 is 19.7. The van der Waals surface area contributed by atoms with E-state index in [1.54, 1.807) is 17.0 Å². The fraction of sp³-hybridized carbons (Fsp3) is 0.417. The molecule has 2 rings (SSSR count). The maximum atomic E-state index is 13.2. The lowest BCUT2D eigenvalue weighted by Gasteiger charge is -2.31. The van der Waals surface area contributed by atoms with Crippen LogP contribution in [0.3, 0.4) is 0 Å². The van der Waals surface area contributed by atoms with Gasteiger partial charge in [-0.3, -0.25) is 9.59 Å². The fourth-order valence-corrected chi connectivity index (χ4v) is 4.41. The average Bonchev–Trinajstić information content (AvgIpc) is 2.75. The Hall–Kier alpha value is -1.40. The summed E-state index contributed by atoms with van der Waals surface area (Å²) in [6.07, 6.45) is 0.513. The van der Waals surface area contributed by atoms with E-state index in [1.807, 2.05) is 51.1 Å². The highest BCUT2D eigenvalue weighted by atomic mass is 35.5. The van der Waals surface area contributed by atoms with Gasteiger partial charge in [-0.1, -0.05) is 73.8 Å². The number of carbonyl (C=O) groups excluding carboxylic acids is 2. The van der Waals surface area contributed by atoms with Gasteiger partial charge in [-0.05, 0) is 47.7 Å². The van der Waals surface area contributed by atoms with Crippen molar-refractivity contribution in [2.45, 2.75) is 45.5 Å². The third kappa shape index (κ3) is 8.51. The second-order valence-electron chi connectivity index (χ2n) is 7.95. The topological polar surface area (TPSA) is 49.4 Å². The van der Waals surface area contributed by atoms with Crippen LogP contribution in [0.25, 0.3) is 0 Å². The van der Waals surface area contributed by atoms with E-state index in [4.69, 9.17) is 34.8 Å².